The second-order valence-corrected chi connectivity index (χ2v) is 7.99. The van der Waals surface area contributed by atoms with Crippen molar-refractivity contribution in [2.45, 2.75) is 29.7 Å². The molecule has 30 heavy (non-hydrogen) atoms. The molecule has 2 heterocycles. The molecule has 4 rings (SSSR count). The summed E-state index contributed by atoms with van der Waals surface area (Å²) in [5.74, 6) is 0.595. The lowest BCUT2D eigenvalue weighted by Crippen LogP contribution is -2.19. The number of nitrogens with one attached hydrogen (secondary N) is 2. The SMILES string of the molecule is CCCc1cc(Sc2ccc(NC(=O)Nc3ccccc3Cl)cc2)n2ncnc2n1. The maximum Gasteiger partial charge on any atom is 0.323 e. The Kier molecular flexibility index (Phi) is 6.15. The number of aromatic nitrogens is 4. The van der Waals surface area contributed by atoms with E-state index in [0.717, 1.165) is 28.5 Å². The molecule has 0 radical (unpaired) electrons. The molecule has 0 bridgehead atoms. The molecular formula is C21H19ClN6OS. The van der Waals surface area contributed by atoms with E-state index < -0.39 is 0 Å². The zero-order valence-corrected chi connectivity index (χ0v) is 17.7. The van der Waals surface area contributed by atoms with Crippen molar-refractivity contribution in [2.75, 3.05) is 10.6 Å². The quantitative estimate of drug-likeness (QED) is 0.387. The molecule has 0 aliphatic carbocycles. The molecule has 0 aliphatic heterocycles. The third kappa shape index (κ3) is 4.72. The van der Waals surface area contributed by atoms with E-state index in [9.17, 15) is 4.79 Å². The van der Waals surface area contributed by atoms with Crippen molar-refractivity contribution in [3.8, 4) is 0 Å². The number of aryl methyl sites for hydroxylation is 1. The van der Waals surface area contributed by atoms with E-state index in [0.29, 0.717) is 22.2 Å². The van der Waals surface area contributed by atoms with Crippen LogP contribution in [0, 0.1) is 0 Å². The summed E-state index contributed by atoms with van der Waals surface area (Å²) in [6, 6.07) is 16.4. The third-order valence-corrected chi connectivity index (χ3v) is 5.57. The van der Waals surface area contributed by atoms with Crippen LogP contribution < -0.4 is 10.6 Å². The summed E-state index contributed by atoms with van der Waals surface area (Å²) in [6.45, 7) is 2.12. The molecule has 2 amide bonds. The normalized spacial score (nSPS) is 10.9. The Morgan fingerprint density at radius 3 is 2.70 bits per heavy atom. The highest BCUT2D eigenvalue weighted by molar-refractivity contribution is 7.99. The number of nitrogens with zero attached hydrogens (tertiary/aromatic N) is 4. The summed E-state index contributed by atoms with van der Waals surface area (Å²) in [5.41, 5.74) is 2.23. The van der Waals surface area contributed by atoms with Gasteiger partial charge in [0.1, 0.15) is 11.4 Å². The van der Waals surface area contributed by atoms with E-state index in [2.05, 4.69) is 32.6 Å². The molecule has 152 valence electrons. The van der Waals surface area contributed by atoms with E-state index in [1.165, 1.54) is 6.33 Å². The van der Waals surface area contributed by atoms with Crippen LogP contribution in [-0.4, -0.2) is 25.6 Å². The Morgan fingerprint density at radius 2 is 1.93 bits per heavy atom. The van der Waals surface area contributed by atoms with Gasteiger partial charge in [0.05, 0.1) is 10.7 Å². The number of amides is 2. The predicted molar refractivity (Wildman–Crippen MR) is 119 cm³/mol. The number of fused-ring (bicyclic) bond motifs is 1. The zero-order valence-electron chi connectivity index (χ0n) is 16.2. The Bertz CT molecular complexity index is 1180. The maximum absolute atomic E-state index is 12.2. The first-order chi connectivity index (χ1) is 14.6. The minimum absolute atomic E-state index is 0.355. The molecule has 2 aromatic carbocycles. The van der Waals surface area contributed by atoms with Gasteiger partial charge in [-0.1, -0.05) is 48.8 Å². The molecule has 0 atom stereocenters. The van der Waals surface area contributed by atoms with Crippen LogP contribution >= 0.6 is 23.4 Å². The molecule has 0 unspecified atom stereocenters. The molecule has 0 fully saturated rings. The number of carbonyl (C=O) groups excluding carboxylic acids is 1. The second-order valence-electron chi connectivity index (χ2n) is 6.49. The van der Waals surface area contributed by atoms with Crippen LogP contribution in [0.25, 0.3) is 5.78 Å². The Hall–Kier alpha value is -3.10. The van der Waals surface area contributed by atoms with Crippen molar-refractivity contribution in [3.63, 3.8) is 0 Å². The first-order valence-electron chi connectivity index (χ1n) is 9.42. The second kappa shape index (κ2) is 9.15. The molecule has 7 nitrogen and oxygen atoms in total. The monoisotopic (exact) mass is 438 g/mol. The largest absolute Gasteiger partial charge is 0.323 e. The van der Waals surface area contributed by atoms with Crippen molar-refractivity contribution in [1.29, 1.82) is 0 Å². The first-order valence-corrected chi connectivity index (χ1v) is 10.6. The number of hydrogen-bond donors (Lipinski definition) is 2. The van der Waals surface area contributed by atoms with Crippen LogP contribution in [0.5, 0.6) is 0 Å². The van der Waals surface area contributed by atoms with Crippen molar-refractivity contribution in [3.05, 3.63) is 71.6 Å². The molecule has 0 aliphatic rings. The van der Waals surface area contributed by atoms with E-state index in [-0.39, 0.29) is 6.03 Å². The van der Waals surface area contributed by atoms with Crippen LogP contribution in [0.1, 0.15) is 19.0 Å². The van der Waals surface area contributed by atoms with Crippen LogP contribution in [0.3, 0.4) is 0 Å². The van der Waals surface area contributed by atoms with Crippen molar-refractivity contribution in [2.24, 2.45) is 0 Å². The average molecular weight is 439 g/mol. The van der Waals surface area contributed by atoms with Crippen LogP contribution in [0.4, 0.5) is 16.2 Å². The van der Waals surface area contributed by atoms with E-state index in [1.54, 1.807) is 28.4 Å². The Balaban J connectivity index is 1.45. The summed E-state index contributed by atoms with van der Waals surface area (Å²) in [7, 11) is 0. The number of carbonyl (C=O) groups is 1. The number of anilines is 2. The molecule has 2 aromatic heterocycles. The van der Waals surface area contributed by atoms with Gasteiger partial charge in [-0.05, 0) is 48.9 Å². The fourth-order valence-corrected chi connectivity index (χ4v) is 3.97. The lowest BCUT2D eigenvalue weighted by Gasteiger charge is -2.10. The van der Waals surface area contributed by atoms with Crippen molar-refractivity contribution < 1.29 is 4.79 Å². The molecule has 0 saturated heterocycles. The van der Waals surface area contributed by atoms with Crippen LogP contribution in [-0.2, 0) is 6.42 Å². The van der Waals surface area contributed by atoms with Gasteiger partial charge < -0.3 is 10.6 Å². The van der Waals surface area contributed by atoms with Gasteiger partial charge in [0.15, 0.2) is 0 Å². The highest BCUT2D eigenvalue weighted by Crippen LogP contribution is 2.29. The topological polar surface area (TPSA) is 84.2 Å². The van der Waals surface area contributed by atoms with Gasteiger partial charge in [0.25, 0.3) is 5.78 Å². The number of para-hydroxylation sites is 1. The van der Waals surface area contributed by atoms with E-state index in [1.807, 2.05) is 42.5 Å². The number of benzene rings is 2. The molecule has 2 N–H and O–H groups in total. The van der Waals surface area contributed by atoms with Gasteiger partial charge in [-0.2, -0.15) is 14.6 Å². The fraction of sp³-hybridized carbons (Fsp3) is 0.143. The average Bonchev–Trinajstić information content (AvgIpc) is 3.20. The fourth-order valence-electron chi connectivity index (χ4n) is 2.86. The van der Waals surface area contributed by atoms with Gasteiger partial charge in [-0.25, -0.2) is 9.78 Å². The minimum atomic E-state index is -0.355. The Labute approximate surface area is 182 Å². The summed E-state index contributed by atoms with van der Waals surface area (Å²) in [4.78, 5) is 22.0. The van der Waals surface area contributed by atoms with Gasteiger partial charge in [0.2, 0.25) is 0 Å². The summed E-state index contributed by atoms with van der Waals surface area (Å²) in [6.07, 6.45) is 3.41. The molecule has 0 saturated carbocycles. The van der Waals surface area contributed by atoms with Gasteiger partial charge >= 0.3 is 6.03 Å². The molecule has 9 heteroatoms. The smallest absolute Gasteiger partial charge is 0.308 e. The first kappa shape index (κ1) is 20.2. The minimum Gasteiger partial charge on any atom is -0.308 e. The lowest BCUT2D eigenvalue weighted by molar-refractivity contribution is 0.262. The van der Waals surface area contributed by atoms with Crippen molar-refractivity contribution in [1.82, 2.24) is 19.6 Å². The highest BCUT2D eigenvalue weighted by Gasteiger charge is 2.10. The zero-order chi connectivity index (χ0) is 20.9. The molecule has 4 aromatic rings. The molecular weight excluding hydrogens is 420 g/mol. The Morgan fingerprint density at radius 1 is 1.13 bits per heavy atom. The summed E-state index contributed by atoms with van der Waals surface area (Å²) < 4.78 is 1.73. The lowest BCUT2D eigenvalue weighted by atomic mass is 10.2. The number of rotatable bonds is 6. The number of urea groups is 1. The maximum atomic E-state index is 12.2. The predicted octanol–water partition coefficient (Wildman–Crippen LogP) is 5.53. The third-order valence-electron chi connectivity index (χ3n) is 4.24. The highest BCUT2D eigenvalue weighted by atomic mass is 35.5. The molecule has 0 spiro atoms. The van der Waals surface area contributed by atoms with Crippen LogP contribution in [0.2, 0.25) is 5.02 Å². The van der Waals surface area contributed by atoms with E-state index >= 15 is 0 Å². The summed E-state index contributed by atoms with van der Waals surface area (Å²) in [5, 5.41) is 11.2. The van der Waals surface area contributed by atoms with Crippen molar-refractivity contribution >= 4 is 46.5 Å². The summed E-state index contributed by atoms with van der Waals surface area (Å²) >= 11 is 7.64. The van der Waals surface area contributed by atoms with E-state index in [4.69, 9.17) is 11.6 Å². The number of hydrogen-bond acceptors (Lipinski definition) is 5. The van der Waals surface area contributed by atoms with Gasteiger partial charge in [-0.3, -0.25) is 0 Å². The van der Waals surface area contributed by atoms with Gasteiger partial charge in [0, 0.05) is 16.3 Å². The van der Waals surface area contributed by atoms with Crippen LogP contribution in [0.15, 0.2) is 70.8 Å². The van der Waals surface area contributed by atoms with Gasteiger partial charge in [-0.15, -0.1) is 0 Å². The number of halogens is 1. The standard InChI is InChI=1S/C21H19ClN6OS/c1-2-5-15-12-19(28-20(25-15)23-13-24-28)30-16-10-8-14(9-11-16)26-21(29)27-18-7-4-3-6-17(18)22/h3-4,6-13H,2,5H2,1H3,(H2,26,27,29).